The van der Waals surface area contributed by atoms with E-state index in [9.17, 15) is 9.59 Å². The number of hydrogen-bond donors (Lipinski definition) is 1. The minimum absolute atomic E-state index is 0.300. The highest BCUT2D eigenvalue weighted by atomic mass is 35.5. The number of fused-ring (bicyclic) bond motifs is 1. The Morgan fingerprint density at radius 3 is 2.62 bits per heavy atom. The fraction of sp³-hybridized carbons (Fsp3) is 0.158. The van der Waals surface area contributed by atoms with Crippen molar-refractivity contribution in [1.29, 1.82) is 0 Å². The molecule has 0 radical (unpaired) electrons. The summed E-state index contributed by atoms with van der Waals surface area (Å²) in [7, 11) is 0. The number of amides is 1. The lowest BCUT2D eigenvalue weighted by Crippen LogP contribution is -2.31. The number of nitrogens with one attached hydrogen (secondary N) is 1. The summed E-state index contributed by atoms with van der Waals surface area (Å²) in [5.74, 6) is -1.01. The van der Waals surface area contributed by atoms with E-state index in [1.54, 1.807) is 36.7 Å². The molecule has 0 aliphatic rings. The van der Waals surface area contributed by atoms with Crippen LogP contribution in [0.5, 0.6) is 0 Å². The largest absolute Gasteiger partial charge is 0.452 e. The molecule has 7 heteroatoms. The number of carbonyl (C=O) groups excluding carboxylic acids is 2. The Labute approximate surface area is 155 Å². The monoisotopic (exact) mass is 369 g/mol. The Balaban J connectivity index is 1.58. The maximum Gasteiger partial charge on any atom is 0.338 e. The molecule has 0 aliphatic heterocycles. The highest BCUT2D eigenvalue weighted by Crippen LogP contribution is 2.22. The summed E-state index contributed by atoms with van der Waals surface area (Å²) in [5, 5.41) is 3.31. The van der Waals surface area contributed by atoms with Crippen LogP contribution in [0, 0.1) is 0 Å². The average molecular weight is 370 g/mol. The molecule has 1 heterocycles. The van der Waals surface area contributed by atoms with Gasteiger partial charge in [0.15, 0.2) is 6.61 Å². The number of benzene rings is 2. The lowest BCUT2D eigenvalue weighted by Gasteiger charge is -2.15. The van der Waals surface area contributed by atoms with Crippen LogP contribution in [0.1, 0.15) is 28.9 Å². The zero-order valence-electron chi connectivity index (χ0n) is 14.0. The van der Waals surface area contributed by atoms with Crippen LogP contribution in [0.2, 0.25) is 5.02 Å². The van der Waals surface area contributed by atoms with Gasteiger partial charge in [-0.05, 0) is 36.8 Å². The quantitative estimate of drug-likeness (QED) is 0.698. The Morgan fingerprint density at radius 2 is 1.85 bits per heavy atom. The van der Waals surface area contributed by atoms with Gasteiger partial charge in [0.05, 0.1) is 22.6 Å². The van der Waals surface area contributed by atoms with E-state index in [0.717, 1.165) is 5.56 Å². The van der Waals surface area contributed by atoms with Gasteiger partial charge < -0.3 is 10.1 Å². The molecule has 1 N–H and O–H groups in total. The van der Waals surface area contributed by atoms with Crippen molar-refractivity contribution < 1.29 is 14.3 Å². The van der Waals surface area contributed by atoms with Crippen molar-refractivity contribution in [3.8, 4) is 0 Å². The van der Waals surface area contributed by atoms with Crippen molar-refractivity contribution in [2.45, 2.75) is 13.0 Å². The summed E-state index contributed by atoms with van der Waals surface area (Å²) >= 11 is 6.11. The van der Waals surface area contributed by atoms with E-state index >= 15 is 0 Å². The summed E-state index contributed by atoms with van der Waals surface area (Å²) in [6, 6.07) is 11.8. The molecule has 0 saturated heterocycles. The van der Waals surface area contributed by atoms with Gasteiger partial charge in [-0.2, -0.15) is 0 Å². The summed E-state index contributed by atoms with van der Waals surface area (Å²) < 4.78 is 5.07. The third kappa shape index (κ3) is 4.15. The van der Waals surface area contributed by atoms with Gasteiger partial charge in [-0.3, -0.25) is 14.8 Å². The third-order valence-electron chi connectivity index (χ3n) is 3.79. The molecule has 6 nitrogen and oxygen atoms in total. The molecular weight excluding hydrogens is 354 g/mol. The molecule has 2 aromatic carbocycles. The smallest absolute Gasteiger partial charge is 0.338 e. The molecule has 26 heavy (non-hydrogen) atoms. The molecule has 132 valence electrons. The van der Waals surface area contributed by atoms with E-state index in [2.05, 4.69) is 15.3 Å². The summed E-state index contributed by atoms with van der Waals surface area (Å²) in [6.07, 6.45) is 3.12. The molecule has 3 rings (SSSR count). The van der Waals surface area contributed by atoms with Crippen molar-refractivity contribution in [2.24, 2.45) is 0 Å². The Kier molecular flexibility index (Phi) is 5.43. The van der Waals surface area contributed by atoms with Crippen LogP contribution >= 0.6 is 11.6 Å². The molecule has 1 atom stereocenters. The van der Waals surface area contributed by atoms with E-state index in [4.69, 9.17) is 16.3 Å². The topological polar surface area (TPSA) is 81.2 Å². The van der Waals surface area contributed by atoms with Crippen molar-refractivity contribution in [2.75, 3.05) is 6.61 Å². The number of aromatic nitrogens is 2. The van der Waals surface area contributed by atoms with Gasteiger partial charge in [-0.25, -0.2) is 4.79 Å². The van der Waals surface area contributed by atoms with Crippen LogP contribution in [0.15, 0.2) is 54.9 Å². The van der Waals surface area contributed by atoms with Crippen LogP contribution < -0.4 is 5.32 Å². The van der Waals surface area contributed by atoms with Crippen LogP contribution in [-0.4, -0.2) is 28.5 Å². The van der Waals surface area contributed by atoms with Crippen molar-refractivity contribution >= 4 is 34.5 Å². The molecule has 0 spiro atoms. The first-order chi connectivity index (χ1) is 12.5. The predicted octanol–water partition coefficient (Wildman–Crippen LogP) is 3.32. The molecule has 1 amide bonds. The summed E-state index contributed by atoms with van der Waals surface area (Å²) in [5.41, 5.74) is 2.36. The fourth-order valence-electron chi connectivity index (χ4n) is 2.49. The standard InChI is InChI=1S/C19H16ClN3O3/c1-12(14-4-2-3-5-15(14)20)23-18(24)11-26-19(25)13-6-7-16-17(10-13)22-9-8-21-16/h2-10,12H,11H2,1H3,(H,23,24)/t12-/m1/s1. The van der Waals surface area contributed by atoms with Gasteiger partial charge in [-0.1, -0.05) is 29.8 Å². The zero-order valence-corrected chi connectivity index (χ0v) is 14.7. The minimum Gasteiger partial charge on any atom is -0.452 e. The van der Waals surface area contributed by atoms with Gasteiger partial charge in [0, 0.05) is 17.4 Å². The maximum absolute atomic E-state index is 12.1. The Hall–Kier alpha value is -2.99. The number of ether oxygens (including phenoxy) is 1. The number of halogens is 1. The molecule has 0 unspecified atom stereocenters. The summed E-state index contributed by atoms with van der Waals surface area (Å²) in [4.78, 5) is 32.4. The second-order valence-corrected chi connectivity index (χ2v) is 6.05. The van der Waals surface area contributed by atoms with Crippen LogP contribution in [0.25, 0.3) is 11.0 Å². The molecule has 0 bridgehead atoms. The fourth-order valence-corrected chi connectivity index (χ4v) is 2.79. The van der Waals surface area contributed by atoms with Gasteiger partial charge in [-0.15, -0.1) is 0 Å². The highest BCUT2D eigenvalue weighted by Gasteiger charge is 2.15. The number of esters is 1. The number of rotatable bonds is 5. The van der Waals surface area contributed by atoms with Gasteiger partial charge >= 0.3 is 5.97 Å². The van der Waals surface area contributed by atoms with Gasteiger partial charge in [0.1, 0.15) is 0 Å². The highest BCUT2D eigenvalue weighted by molar-refractivity contribution is 6.31. The van der Waals surface area contributed by atoms with Crippen LogP contribution in [0.4, 0.5) is 0 Å². The molecule has 3 aromatic rings. The third-order valence-corrected chi connectivity index (χ3v) is 4.13. The maximum atomic E-state index is 12.1. The zero-order chi connectivity index (χ0) is 18.5. The minimum atomic E-state index is -0.599. The van der Waals surface area contributed by atoms with Gasteiger partial charge in [0.25, 0.3) is 5.91 Å². The van der Waals surface area contributed by atoms with Crippen molar-refractivity contribution in [3.63, 3.8) is 0 Å². The number of nitrogens with zero attached hydrogens (tertiary/aromatic N) is 2. The van der Waals surface area contributed by atoms with Crippen LogP contribution in [0.3, 0.4) is 0 Å². The average Bonchev–Trinajstić information content (AvgIpc) is 2.66. The van der Waals surface area contributed by atoms with Crippen LogP contribution in [-0.2, 0) is 9.53 Å². The van der Waals surface area contributed by atoms with E-state index in [1.807, 2.05) is 25.1 Å². The number of hydrogen-bond acceptors (Lipinski definition) is 5. The molecule has 1 aromatic heterocycles. The lowest BCUT2D eigenvalue weighted by atomic mass is 10.1. The second kappa shape index (κ2) is 7.93. The van der Waals surface area contributed by atoms with Gasteiger partial charge in [0.2, 0.25) is 0 Å². The number of carbonyl (C=O) groups is 2. The van der Waals surface area contributed by atoms with E-state index < -0.39 is 11.9 Å². The first kappa shape index (κ1) is 17.8. The summed E-state index contributed by atoms with van der Waals surface area (Å²) in [6.45, 7) is 1.43. The van der Waals surface area contributed by atoms with E-state index in [1.165, 1.54) is 0 Å². The van der Waals surface area contributed by atoms with E-state index in [0.29, 0.717) is 21.6 Å². The lowest BCUT2D eigenvalue weighted by molar-refractivity contribution is -0.124. The molecule has 0 aliphatic carbocycles. The Bertz CT molecular complexity index is 961. The first-order valence-corrected chi connectivity index (χ1v) is 8.34. The second-order valence-electron chi connectivity index (χ2n) is 5.65. The SMILES string of the molecule is C[C@@H](NC(=O)COC(=O)c1ccc2nccnc2c1)c1ccccc1Cl. The Morgan fingerprint density at radius 1 is 1.12 bits per heavy atom. The molecular formula is C19H16ClN3O3. The molecule has 0 saturated carbocycles. The van der Waals surface area contributed by atoms with E-state index in [-0.39, 0.29) is 12.6 Å². The van der Waals surface area contributed by atoms with Crippen molar-refractivity contribution in [1.82, 2.24) is 15.3 Å². The predicted molar refractivity (Wildman–Crippen MR) is 97.8 cm³/mol. The first-order valence-electron chi connectivity index (χ1n) is 7.96. The normalized spacial score (nSPS) is 11.8. The van der Waals surface area contributed by atoms with Crippen molar-refractivity contribution in [3.05, 3.63) is 71.0 Å². The molecule has 0 fully saturated rings.